The van der Waals surface area contributed by atoms with Crippen LogP contribution in [0.3, 0.4) is 0 Å². The molecule has 15 heavy (non-hydrogen) atoms. The first-order valence-corrected chi connectivity index (χ1v) is 5.55. The molecule has 1 aromatic carbocycles. The summed E-state index contributed by atoms with van der Waals surface area (Å²) in [6.45, 7) is 3.81. The van der Waals surface area contributed by atoms with Crippen molar-refractivity contribution in [3.63, 3.8) is 0 Å². The molecule has 0 aliphatic heterocycles. The maximum Gasteiger partial charge on any atom is 0.165 e. The average Bonchev–Trinajstić information content (AvgIpc) is 2.26. The van der Waals surface area contributed by atoms with Gasteiger partial charge in [0, 0.05) is 17.4 Å². The van der Waals surface area contributed by atoms with Crippen LogP contribution in [0.2, 0.25) is 0 Å². The van der Waals surface area contributed by atoms with E-state index < -0.39 is 0 Å². The molecular weight excluding hydrogens is 208 g/mol. The van der Waals surface area contributed by atoms with E-state index in [9.17, 15) is 4.79 Å². The van der Waals surface area contributed by atoms with Crippen molar-refractivity contribution in [3.05, 3.63) is 41.5 Å². The molecule has 0 saturated heterocycles. The molecule has 2 heteroatoms. The molecule has 0 atom stereocenters. The van der Waals surface area contributed by atoms with E-state index in [1.165, 1.54) is 0 Å². The summed E-state index contributed by atoms with van der Waals surface area (Å²) in [6.07, 6.45) is 3.82. The Morgan fingerprint density at radius 3 is 2.40 bits per heavy atom. The quantitative estimate of drug-likeness (QED) is 0.560. The minimum atomic E-state index is 0.0502. The predicted octanol–water partition coefficient (Wildman–Crippen LogP) is 3.78. The normalized spacial score (nSPS) is 11.2. The smallest absolute Gasteiger partial charge is 0.165 e. The molecule has 0 radical (unpaired) electrons. The van der Waals surface area contributed by atoms with Gasteiger partial charge < -0.3 is 0 Å². The van der Waals surface area contributed by atoms with E-state index in [1.54, 1.807) is 0 Å². The third-order valence-corrected chi connectivity index (χ3v) is 2.30. The number of carbonyl (C=O) groups excluding carboxylic acids is 1. The Morgan fingerprint density at radius 2 is 1.93 bits per heavy atom. The number of hydrogen-bond donors (Lipinski definition) is 0. The van der Waals surface area contributed by atoms with Crippen molar-refractivity contribution in [2.45, 2.75) is 13.8 Å². The first-order valence-electron chi connectivity index (χ1n) is 5.02. The van der Waals surface area contributed by atoms with Crippen LogP contribution >= 0.6 is 11.6 Å². The van der Waals surface area contributed by atoms with E-state index in [0.717, 1.165) is 11.1 Å². The van der Waals surface area contributed by atoms with Crippen molar-refractivity contribution in [1.29, 1.82) is 0 Å². The number of ketones is 1. The Balaban J connectivity index is 2.81. The Labute approximate surface area is 95.8 Å². The van der Waals surface area contributed by atoms with E-state index in [-0.39, 0.29) is 11.7 Å². The number of hydrogen-bond acceptors (Lipinski definition) is 1. The average molecular weight is 223 g/mol. The Hall–Kier alpha value is -1.08. The number of Topliss-reactive ketones (excluding diaryl/α,β-unsaturated/α-hetero) is 1. The summed E-state index contributed by atoms with van der Waals surface area (Å²) in [5, 5.41) is 0. The minimum Gasteiger partial charge on any atom is -0.294 e. The van der Waals surface area contributed by atoms with Crippen LogP contribution in [0.15, 0.2) is 30.3 Å². The lowest BCUT2D eigenvalue weighted by molar-refractivity contribution is 0.0939. The van der Waals surface area contributed by atoms with Crippen molar-refractivity contribution >= 4 is 23.5 Å². The van der Waals surface area contributed by atoms with Gasteiger partial charge in [-0.15, -0.1) is 11.6 Å². The third-order valence-electron chi connectivity index (χ3n) is 2.12. The summed E-state index contributed by atoms with van der Waals surface area (Å²) in [5.74, 6) is 0.740. The number of carbonyl (C=O) groups is 1. The fourth-order valence-corrected chi connectivity index (χ4v) is 1.36. The number of rotatable bonds is 4. The van der Waals surface area contributed by atoms with E-state index in [4.69, 9.17) is 11.6 Å². The van der Waals surface area contributed by atoms with Gasteiger partial charge in [-0.2, -0.15) is 0 Å². The van der Waals surface area contributed by atoms with Crippen LogP contribution in [0.5, 0.6) is 0 Å². The zero-order valence-corrected chi connectivity index (χ0v) is 9.79. The van der Waals surface area contributed by atoms with Gasteiger partial charge in [-0.3, -0.25) is 4.79 Å². The van der Waals surface area contributed by atoms with Gasteiger partial charge in [-0.05, 0) is 5.56 Å². The van der Waals surface area contributed by atoms with Gasteiger partial charge in [-0.25, -0.2) is 0 Å². The molecule has 80 valence electrons. The molecule has 1 nitrogen and oxygen atoms in total. The van der Waals surface area contributed by atoms with Crippen LogP contribution in [0, 0.1) is 5.92 Å². The summed E-state index contributed by atoms with van der Waals surface area (Å²) in [6, 6.07) is 7.57. The van der Waals surface area contributed by atoms with Gasteiger partial charge >= 0.3 is 0 Å². The number of halogens is 1. The van der Waals surface area contributed by atoms with Crippen molar-refractivity contribution in [3.8, 4) is 0 Å². The molecule has 0 aliphatic rings. The highest BCUT2D eigenvalue weighted by Crippen LogP contribution is 2.11. The van der Waals surface area contributed by atoms with Gasteiger partial charge in [0.1, 0.15) is 0 Å². The monoisotopic (exact) mass is 222 g/mol. The van der Waals surface area contributed by atoms with Gasteiger partial charge in [0.2, 0.25) is 0 Å². The minimum absolute atomic E-state index is 0.0502. The maximum absolute atomic E-state index is 11.6. The van der Waals surface area contributed by atoms with Gasteiger partial charge in [0.15, 0.2) is 5.78 Å². The Bertz CT molecular complexity index is 349. The fraction of sp³-hybridized carbons (Fsp3) is 0.308. The highest BCUT2D eigenvalue weighted by Gasteiger charge is 2.08. The highest BCUT2D eigenvalue weighted by atomic mass is 35.5. The number of benzene rings is 1. The van der Waals surface area contributed by atoms with E-state index in [0.29, 0.717) is 5.88 Å². The SMILES string of the molecule is CC(C)C(=O)c1ccc(C=CCCl)cc1. The van der Waals surface area contributed by atoms with Crippen molar-refractivity contribution in [2.24, 2.45) is 5.92 Å². The number of alkyl halides is 1. The standard InChI is InChI=1S/C13H15ClO/c1-10(2)13(15)12-7-5-11(6-8-12)4-3-9-14/h3-8,10H,9H2,1-2H3. The maximum atomic E-state index is 11.6. The lowest BCUT2D eigenvalue weighted by atomic mass is 10.00. The topological polar surface area (TPSA) is 17.1 Å². The molecule has 1 rings (SSSR count). The largest absolute Gasteiger partial charge is 0.294 e. The van der Waals surface area contributed by atoms with Gasteiger partial charge in [-0.1, -0.05) is 50.3 Å². The lowest BCUT2D eigenvalue weighted by Gasteiger charge is -2.03. The summed E-state index contributed by atoms with van der Waals surface area (Å²) in [7, 11) is 0. The van der Waals surface area contributed by atoms with Crippen molar-refractivity contribution in [1.82, 2.24) is 0 Å². The first-order chi connectivity index (χ1) is 7.15. The van der Waals surface area contributed by atoms with Crippen LogP contribution in [-0.2, 0) is 0 Å². The molecule has 0 spiro atoms. The molecule has 0 bridgehead atoms. The molecule has 0 aromatic heterocycles. The molecular formula is C13H15ClO. The molecule has 0 N–H and O–H groups in total. The molecule has 0 amide bonds. The molecule has 0 heterocycles. The summed E-state index contributed by atoms with van der Waals surface area (Å²) < 4.78 is 0. The fourth-order valence-electron chi connectivity index (χ4n) is 1.27. The van der Waals surface area contributed by atoms with Crippen LogP contribution in [0.4, 0.5) is 0 Å². The van der Waals surface area contributed by atoms with Gasteiger partial charge in [0.25, 0.3) is 0 Å². The zero-order chi connectivity index (χ0) is 11.3. The van der Waals surface area contributed by atoms with Crippen molar-refractivity contribution in [2.75, 3.05) is 5.88 Å². The third kappa shape index (κ3) is 3.52. The summed E-state index contributed by atoms with van der Waals surface area (Å²) in [5.41, 5.74) is 1.84. The predicted molar refractivity (Wildman–Crippen MR) is 65.4 cm³/mol. The van der Waals surface area contributed by atoms with Crippen LogP contribution in [0.1, 0.15) is 29.8 Å². The highest BCUT2D eigenvalue weighted by molar-refractivity contribution is 6.19. The van der Waals surface area contributed by atoms with Crippen LogP contribution in [0.25, 0.3) is 6.08 Å². The van der Waals surface area contributed by atoms with Crippen LogP contribution in [-0.4, -0.2) is 11.7 Å². The second-order valence-electron chi connectivity index (χ2n) is 3.70. The second kappa shape index (κ2) is 5.72. The van der Waals surface area contributed by atoms with Gasteiger partial charge in [0.05, 0.1) is 0 Å². The van der Waals surface area contributed by atoms with Crippen molar-refractivity contribution < 1.29 is 4.79 Å². The molecule has 0 unspecified atom stereocenters. The number of allylic oxidation sites excluding steroid dienone is 1. The zero-order valence-electron chi connectivity index (χ0n) is 9.03. The van der Waals surface area contributed by atoms with E-state index in [2.05, 4.69) is 0 Å². The summed E-state index contributed by atoms with van der Waals surface area (Å²) in [4.78, 5) is 11.6. The van der Waals surface area contributed by atoms with E-state index in [1.807, 2.05) is 50.3 Å². The van der Waals surface area contributed by atoms with E-state index >= 15 is 0 Å². The molecule has 0 aliphatic carbocycles. The Morgan fingerprint density at radius 1 is 1.33 bits per heavy atom. The summed E-state index contributed by atoms with van der Waals surface area (Å²) >= 11 is 5.53. The molecule has 0 saturated carbocycles. The molecule has 1 aromatic rings. The Kier molecular flexibility index (Phi) is 4.57. The molecule has 0 fully saturated rings. The lowest BCUT2D eigenvalue weighted by Crippen LogP contribution is -2.06. The second-order valence-corrected chi connectivity index (χ2v) is 4.01. The van der Waals surface area contributed by atoms with Crippen LogP contribution < -0.4 is 0 Å². The first kappa shape index (κ1) is 12.0.